The Morgan fingerprint density at radius 2 is 1.81 bits per heavy atom. The fraction of sp³-hybridized carbons (Fsp3) is 0.263. The fourth-order valence-corrected chi connectivity index (χ4v) is 2.51. The summed E-state index contributed by atoms with van der Waals surface area (Å²) >= 11 is 0. The van der Waals surface area contributed by atoms with Gasteiger partial charge in [-0.1, -0.05) is 32.9 Å². The number of nitrogen functional groups attached to an aromatic ring is 1. The molecular formula is C19H22N6O. The summed E-state index contributed by atoms with van der Waals surface area (Å²) in [5, 5.41) is 7.37. The maximum Gasteiger partial charge on any atom is 0.273 e. The smallest absolute Gasteiger partial charge is 0.273 e. The third-order valence-corrected chi connectivity index (χ3v) is 4.01. The first-order valence-corrected chi connectivity index (χ1v) is 8.28. The molecule has 0 aliphatic rings. The number of aromatic nitrogens is 4. The van der Waals surface area contributed by atoms with Crippen LogP contribution in [0.1, 0.15) is 37.0 Å². The number of aryl methyl sites for hydroxylation is 1. The monoisotopic (exact) mass is 350 g/mol. The van der Waals surface area contributed by atoms with Gasteiger partial charge < -0.3 is 11.1 Å². The molecule has 3 N–H and O–H groups in total. The molecule has 0 spiro atoms. The lowest BCUT2D eigenvalue weighted by Gasteiger charge is -2.13. The predicted molar refractivity (Wildman–Crippen MR) is 102 cm³/mol. The van der Waals surface area contributed by atoms with Crippen LogP contribution in [-0.2, 0) is 12.5 Å². The number of hydrogen-bond donors (Lipinski definition) is 2. The van der Waals surface area contributed by atoms with Gasteiger partial charge in [0.25, 0.3) is 5.91 Å². The van der Waals surface area contributed by atoms with E-state index < -0.39 is 0 Å². The fourth-order valence-electron chi connectivity index (χ4n) is 2.51. The van der Waals surface area contributed by atoms with E-state index in [4.69, 9.17) is 5.73 Å². The van der Waals surface area contributed by atoms with Crippen molar-refractivity contribution in [1.82, 2.24) is 19.7 Å². The molecule has 0 fully saturated rings. The van der Waals surface area contributed by atoms with Gasteiger partial charge in [-0.25, -0.2) is 9.97 Å². The highest BCUT2D eigenvalue weighted by molar-refractivity contribution is 6.03. The van der Waals surface area contributed by atoms with Crippen molar-refractivity contribution >= 4 is 17.5 Å². The Bertz CT molecular complexity index is 937. The molecule has 0 aliphatic carbocycles. The van der Waals surface area contributed by atoms with E-state index in [1.165, 1.54) is 0 Å². The Labute approximate surface area is 152 Å². The zero-order valence-corrected chi connectivity index (χ0v) is 15.3. The van der Waals surface area contributed by atoms with Gasteiger partial charge in [0.1, 0.15) is 5.69 Å². The Hall–Kier alpha value is -3.22. The molecule has 134 valence electrons. The van der Waals surface area contributed by atoms with E-state index in [2.05, 4.69) is 41.2 Å². The Kier molecular flexibility index (Phi) is 4.46. The molecule has 7 heteroatoms. The van der Waals surface area contributed by atoms with Crippen LogP contribution in [-0.4, -0.2) is 25.7 Å². The molecule has 0 saturated carbocycles. The quantitative estimate of drug-likeness (QED) is 0.756. The molecule has 0 aliphatic heterocycles. The van der Waals surface area contributed by atoms with Gasteiger partial charge in [-0.05, 0) is 23.8 Å². The number of carbonyl (C=O) groups is 1. The molecule has 3 rings (SSSR count). The molecule has 1 aromatic carbocycles. The number of benzene rings is 1. The van der Waals surface area contributed by atoms with Crippen molar-refractivity contribution < 1.29 is 4.79 Å². The van der Waals surface area contributed by atoms with E-state index >= 15 is 0 Å². The van der Waals surface area contributed by atoms with E-state index in [9.17, 15) is 4.79 Å². The van der Waals surface area contributed by atoms with Crippen LogP contribution in [0.25, 0.3) is 11.1 Å². The zero-order valence-electron chi connectivity index (χ0n) is 15.3. The summed E-state index contributed by atoms with van der Waals surface area (Å²) in [7, 11) is 1.77. The minimum absolute atomic E-state index is 0.120. The van der Waals surface area contributed by atoms with Crippen LogP contribution >= 0.6 is 0 Å². The summed E-state index contributed by atoms with van der Waals surface area (Å²) in [6.07, 6.45) is 3.31. The van der Waals surface area contributed by atoms with Gasteiger partial charge in [0.2, 0.25) is 5.95 Å². The molecule has 0 bridgehead atoms. The number of rotatable bonds is 3. The van der Waals surface area contributed by atoms with Crippen molar-refractivity contribution in [1.29, 1.82) is 0 Å². The molecule has 0 radical (unpaired) electrons. The summed E-state index contributed by atoms with van der Waals surface area (Å²) in [5.41, 5.74) is 9.19. The minimum atomic E-state index is -0.207. The van der Waals surface area contributed by atoms with E-state index in [1.54, 1.807) is 24.1 Å². The van der Waals surface area contributed by atoms with Crippen molar-refractivity contribution in [2.45, 2.75) is 26.2 Å². The van der Waals surface area contributed by atoms with E-state index in [-0.39, 0.29) is 17.3 Å². The number of nitrogens with one attached hydrogen (secondary N) is 1. The largest absolute Gasteiger partial charge is 0.368 e. The third kappa shape index (κ3) is 3.72. The van der Waals surface area contributed by atoms with Gasteiger partial charge in [0.15, 0.2) is 0 Å². The van der Waals surface area contributed by atoms with Gasteiger partial charge >= 0.3 is 0 Å². The average molecular weight is 350 g/mol. The second-order valence-corrected chi connectivity index (χ2v) is 7.15. The normalized spacial score (nSPS) is 11.4. The predicted octanol–water partition coefficient (Wildman–Crippen LogP) is 3.01. The number of anilines is 2. The van der Waals surface area contributed by atoms with Crippen LogP contribution in [0.2, 0.25) is 0 Å². The molecule has 2 heterocycles. The van der Waals surface area contributed by atoms with Crippen LogP contribution < -0.4 is 11.1 Å². The van der Waals surface area contributed by atoms with Crippen molar-refractivity contribution in [2.24, 2.45) is 7.05 Å². The van der Waals surface area contributed by atoms with Gasteiger partial charge in [-0.2, -0.15) is 5.10 Å². The van der Waals surface area contributed by atoms with Crippen LogP contribution in [0.4, 0.5) is 11.6 Å². The standard InChI is InChI=1S/C19H22N6O/c1-19(2,3)16-9-15(25(4)24-16)17(26)23-14-7-5-6-12(8-14)13-10-21-18(20)22-11-13/h5-11H,1-4H3,(H,23,26)(H2,20,21,22). The summed E-state index contributed by atoms with van der Waals surface area (Å²) in [6.45, 7) is 6.19. The summed E-state index contributed by atoms with van der Waals surface area (Å²) in [6, 6.07) is 9.32. The zero-order chi connectivity index (χ0) is 18.9. The molecule has 0 atom stereocenters. The Morgan fingerprint density at radius 1 is 1.12 bits per heavy atom. The average Bonchev–Trinajstić information content (AvgIpc) is 2.98. The third-order valence-electron chi connectivity index (χ3n) is 4.01. The highest BCUT2D eigenvalue weighted by Gasteiger charge is 2.21. The molecule has 2 aromatic heterocycles. The molecule has 26 heavy (non-hydrogen) atoms. The lowest BCUT2D eigenvalue weighted by molar-refractivity contribution is 0.101. The van der Waals surface area contributed by atoms with Crippen LogP contribution in [0.15, 0.2) is 42.7 Å². The lowest BCUT2D eigenvalue weighted by Crippen LogP contribution is -2.16. The molecule has 0 unspecified atom stereocenters. The Balaban J connectivity index is 1.83. The van der Waals surface area contributed by atoms with Crippen molar-refractivity contribution in [3.63, 3.8) is 0 Å². The highest BCUT2D eigenvalue weighted by Crippen LogP contribution is 2.24. The maximum atomic E-state index is 12.7. The maximum absolute atomic E-state index is 12.7. The van der Waals surface area contributed by atoms with Crippen molar-refractivity contribution in [3.8, 4) is 11.1 Å². The first-order valence-electron chi connectivity index (χ1n) is 8.28. The van der Waals surface area contributed by atoms with Gasteiger partial charge in [0.05, 0.1) is 5.69 Å². The van der Waals surface area contributed by atoms with Crippen LogP contribution in [0.5, 0.6) is 0 Å². The topological polar surface area (TPSA) is 98.7 Å². The van der Waals surface area contributed by atoms with E-state index in [0.717, 1.165) is 16.8 Å². The molecule has 7 nitrogen and oxygen atoms in total. The molecule has 3 aromatic rings. The van der Waals surface area contributed by atoms with Crippen molar-refractivity contribution in [2.75, 3.05) is 11.1 Å². The summed E-state index contributed by atoms with van der Waals surface area (Å²) in [5.74, 6) is 0.0188. The number of hydrogen-bond acceptors (Lipinski definition) is 5. The van der Waals surface area contributed by atoms with E-state index in [1.807, 2.05) is 30.3 Å². The van der Waals surface area contributed by atoms with Crippen LogP contribution in [0.3, 0.4) is 0 Å². The second kappa shape index (κ2) is 6.59. The first-order chi connectivity index (χ1) is 12.2. The minimum Gasteiger partial charge on any atom is -0.368 e. The summed E-state index contributed by atoms with van der Waals surface area (Å²) < 4.78 is 1.60. The lowest BCUT2D eigenvalue weighted by atomic mass is 9.92. The second-order valence-electron chi connectivity index (χ2n) is 7.15. The van der Waals surface area contributed by atoms with Gasteiger partial charge in [0, 0.05) is 36.1 Å². The van der Waals surface area contributed by atoms with Crippen molar-refractivity contribution in [3.05, 3.63) is 54.1 Å². The Morgan fingerprint density at radius 3 is 2.42 bits per heavy atom. The van der Waals surface area contributed by atoms with Gasteiger partial charge in [-0.3, -0.25) is 9.48 Å². The highest BCUT2D eigenvalue weighted by atomic mass is 16.2. The molecule has 0 saturated heterocycles. The van der Waals surface area contributed by atoms with Crippen LogP contribution in [0, 0.1) is 0 Å². The molecular weight excluding hydrogens is 328 g/mol. The van der Waals surface area contributed by atoms with E-state index in [0.29, 0.717) is 11.4 Å². The number of nitrogens with zero attached hydrogens (tertiary/aromatic N) is 4. The number of amides is 1. The summed E-state index contributed by atoms with van der Waals surface area (Å²) in [4.78, 5) is 20.7. The number of carbonyl (C=O) groups excluding carboxylic acids is 1. The first kappa shape index (κ1) is 17.6. The van der Waals surface area contributed by atoms with Gasteiger partial charge in [-0.15, -0.1) is 0 Å². The SMILES string of the molecule is Cn1nc(C(C)(C)C)cc1C(=O)Nc1cccc(-c2cnc(N)nc2)c1. The molecule has 1 amide bonds. The number of nitrogens with two attached hydrogens (primary N) is 1.